The Morgan fingerprint density at radius 3 is 2.60 bits per heavy atom. The van der Waals surface area contributed by atoms with Gasteiger partial charge in [0.2, 0.25) is 5.91 Å². The molecule has 1 aromatic rings. The zero-order valence-electron chi connectivity index (χ0n) is 11.0. The first-order valence-electron chi connectivity index (χ1n) is 6.18. The molecule has 0 radical (unpaired) electrons. The third-order valence-electron chi connectivity index (χ3n) is 2.62. The lowest BCUT2D eigenvalue weighted by atomic mass is 10.1. The van der Waals surface area contributed by atoms with Crippen LogP contribution in [-0.2, 0) is 9.59 Å². The minimum absolute atomic E-state index is 0.188. The normalized spacial score (nSPS) is 14.3. The van der Waals surface area contributed by atoms with E-state index in [4.69, 9.17) is 14.6 Å². The second-order valence-corrected chi connectivity index (χ2v) is 4.30. The van der Waals surface area contributed by atoms with Crippen LogP contribution in [0.3, 0.4) is 0 Å². The van der Waals surface area contributed by atoms with E-state index in [0.29, 0.717) is 30.3 Å². The van der Waals surface area contributed by atoms with E-state index in [9.17, 15) is 9.59 Å². The van der Waals surface area contributed by atoms with Gasteiger partial charge in [0, 0.05) is 13.3 Å². The minimum Gasteiger partial charge on any atom is -0.490 e. The van der Waals surface area contributed by atoms with E-state index in [1.165, 1.54) is 13.0 Å². The summed E-state index contributed by atoms with van der Waals surface area (Å²) < 4.78 is 11.0. The number of rotatable bonds is 3. The van der Waals surface area contributed by atoms with Gasteiger partial charge in [0.1, 0.15) is 5.70 Å². The summed E-state index contributed by atoms with van der Waals surface area (Å²) >= 11 is 0. The molecule has 2 N–H and O–H groups in total. The van der Waals surface area contributed by atoms with Gasteiger partial charge in [-0.1, -0.05) is 6.07 Å². The summed E-state index contributed by atoms with van der Waals surface area (Å²) in [7, 11) is 0. The van der Waals surface area contributed by atoms with Gasteiger partial charge in [-0.15, -0.1) is 0 Å². The Hall–Kier alpha value is -2.50. The number of nitrogens with one attached hydrogen (secondary N) is 1. The Morgan fingerprint density at radius 1 is 1.25 bits per heavy atom. The lowest BCUT2D eigenvalue weighted by Crippen LogP contribution is -2.24. The van der Waals surface area contributed by atoms with Crippen molar-refractivity contribution in [3.63, 3.8) is 0 Å². The van der Waals surface area contributed by atoms with Crippen LogP contribution in [0.2, 0.25) is 0 Å². The van der Waals surface area contributed by atoms with Crippen LogP contribution in [0.4, 0.5) is 0 Å². The molecule has 0 unspecified atom stereocenters. The van der Waals surface area contributed by atoms with E-state index < -0.39 is 11.9 Å². The minimum atomic E-state index is -1.20. The summed E-state index contributed by atoms with van der Waals surface area (Å²) in [5.41, 5.74) is 0.424. The predicted octanol–water partition coefficient (Wildman–Crippen LogP) is 1.41. The van der Waals surface area contributed by atoms with E-state index in [1.54, 1.807) is 18.2 Å². The SMILES string of the molecule is CC(=O)N/C(=C/c1ccc2c(c1)OCCCO2)C(=O)O. The molecule has 1 heterocycles. The highest BCUT2D eigenvalue weighted by molar-refractivity contribution is 5.96. The zero-order valence-corrected chi connectivity index (χ0v) is 11.0. The molecule has 6 heteroatoms. The monoisotopic (exact) mass is 277 g/mol. The van der Waals surface area contributed by atoms with E-state index >= 15 is 0 Å². The number of carbonyl (C=O) groups excluding carboxylic acids is 1. The lowest BCUT2D eigenvalue weighted by molar-refractivity contribution is -0.134. The molecule has 106 valence electrons. The number of fused-ring (bicyclic) bond motifs is 1. The fourth-order valence-corrected chi connectivity index (χ4v) is 1.78. The first-order chi connectivity index (χ1) is 9.56. The first-order valence-corrected chi connectivity index (χ1v) is 6.18. The second-order valence-electron chi connectivity index (χ2n) is 4.30. The van der Waals surface area contributed by atoms with Crippen molar-refractivity contribution in [2.45, 2.75) is 13.3 Å². The molecule has 1 aromatic carbocycles. The van der Waals surface area contributed by atoms with E-state index in [0.717, 1.165) is 6.42 Å². The first kappa shape index (κ1) is 13.9. The maximum absolute atomic E-state index is 11.0. The molecular formula is C14H15NO5. The molecule has 0 aromatic heterocycles. The Labute approximate surface area is 116 Å². The fraction of sp³-hybridized carbons (Fsp3) is 0.286. The molecule has 0 saturated carbocycles. The third-order valence-corrected chi connectivity index (χ3v) is 2.62. The standard InChI is InChI=1S/C14H15NO5/c1-9(16)15-11(14(17)18)7-10-3-4-12-13(8-10)20-6-2-5-19-12/h3-4,7-8H,2,5-6H2,1H3,(H,15,16)(H,17,18)/b11-7+. The van der Waals surface area contributed by atoms with Crippen LogP contribution in [0.25, 0.3) is 6.08 Å². The van der Waals surface area contributed by atoms with E-state index in [2.05, 4.69) is 5.32 Å². The molecule has 0 atom stereocenters. The Morgan fingerprint density at radius 2 is 1.95 bits per heavy atom. The van der Waals surface area contributed by atoms with Crippen LogP contribution in [0.15, 0.2) is 23.9 Å². The van der Waals surface area contributed by atoms with Crippen LogP contribution >= 0.6 is 0 Å². The summed E-state index contributed by atoms with van der Waals surface area (Å²) in [6, 6.07) is 5.11. The molecule has 0 spiro atoms. The molecule has 2 rings (SSSR count). The number of hydrogen-bond acceptors (Lipinski definition) is 4. The van der Waals surface area contributed by atoms with Gasteiger partial charge in [-0.3, -0.25) is 4.79 Å². The van der Waals surface area contributed by atoms with Crippen molar-refractivity contribution in [2.24, 2.45) is 0 Å². The third kappa shape index (κ3) is 3.50. The summed E-state index contributed by atoms with van der Waals surface area (Å²) in [6.07, 6.45) is 2.17. The smallest absolute Gasteiger partial charge is 0.352 e. The average molecular weight is 277 g/mol. The topological polar surface area (TPSA) is 84.9 Å². The van der Waals surface area contributed by atoms with Crippen molar-refractivity contribution < 1.29 is 24.2 Å². The second kappa shape index (κ2) is 6.10. The number of carbonyl (C=O) groups is 2. The Bertz CT molecular complexity index is 565. The van der Waals surface area contributed by atoms with Gasteiger partial charge in [0.05, 0.1) is 13.2 Å². The van der Waals surface area contributed by atoms with Crippen molar-refractivity contribution in [1.82, 2.24) is 5.32 Å². The lowest BCUT2D eigenvalue weighted by Gasteiger charge is -2.08. The fourth-order valence-electron chi connectivity index (χ4n) is 1.78. The Kier molecular flexibility index (Phi) is 4.24. The van der Waals surface area contributed by atoms with Gasteiger partial charge in [-0.05, 0) is 23.8 Å². The number of amides is 1. The predicted molar refractivity (Wildman–Crippen MR) is 71.5 cm³/mol. The molecular weight excluding hydrogens is 262 g/mol. The van der Waals surface area contributed by atoms with Gasteiger partial charge < -0.3 is 19.9 Å². The van der Waals surface area contributed by atoms with Crippen LogP contribution in [0.1, 0.15) is 18.9 Å². The maximum Gasteiger partial charge on any atom is 0.352 e. The van der Waals surface area contributed by atoms with Crippen molar-refractivity contribution in [1.29, 1.82) is 0 Å². The largest absolute Gasteiger partial charge is 0.490 e. The maximum atomic E-state index is 11.0. The van der Waals surface area contributed by atoms with Crippen LogP contribution in [0.5, 0.6) is 11.5 Å². The number of carboxylic acid groups (broad SMARTS) is 1. The molecule has 1 aliphatic heterocycles. The Balaban J connectivity index is 2.30. The van der Waals surface area contributed by atoms with E-state index in [-0.39, 0.29) is 5.70 Å². The van der Waals surface area contributed by atoms with Crippen molar-refractivity contribution in [2.75, 3.05) is 13.2 Å². The van der Waals surface area contributed by atoms with Crippen LogP contribution in [-0.4, -0.2) is 30.2 Å². The zero-order chi connectivity index (χ0) is 14.5. The van der Waals surface area contributed by atoms with Crippen molar-refractivity contribution >= 4 is 18.0 Å². The molecule has 0 fully saturated rings. The van der Waals surface area contributed by atoms with E-state index in [1.807, 2.05) is 0 Å². The van der Waals surface area contributed by atoms with Gasteiger partial charge >= 0.3 is 5.97 Å². The van der Waals surface area contributed by atoms with Crippen LogP contribution < -0.4 is 14.8 Å². The van der Waals surface area contributed by atoms with Gasteiger partial charge in [-0.2, -0.15) is 0 Å². The van der Waals surface area contributed by atoms with Crippen molar-refractivity contribution in [3.05, 3.63) is 29.5 Å². The average Bonchev–Trinajstić information content (AvgIpc) is 2.62. The molecule has 6 nitrogen and oxygen atoms in total. The summed E-state index contributed by atoms with van der Waals surface area (Å²) in [4.78, 5) is 22.0. The molecule has 0 aliphatic carbocycles. The van der Waals surface area contributed by atoms with Gasteiger partial charge in [0.25, 0.3) is 0 Å². The number of hydrogen-bond donors (Lipinski definition) is 2. The molecule has 0 bridgehead atoms. The highest BCUT2D eigenvalue weighted by Crippen LogP contribution is 2.30. The summed E-state index contributed by atoms with van der Waals surface area (Å²) in [6.45, 7) is 2.40. The molecule has 20 heavy (non-hydrogen) atoms. The highest BCUT2D eigenvalue weighted by Gasteiger charge is 2.12. The van der Waals surface area contributed by atoms with Gasteiger partial charge in [0.15, 0.2) is 11.5 Å². The number of benzene rings is 1. The summed E-state index contributed by atoms with van der Waals surface area (Å²) in [5.74, 6) is -0.430. The van der Waals surface area contributed by atoms with Crippen LogP contribution in [0, 0.1) is 0 Å². The van der Waals surface area contributed by atoms with Crippen molar-refractivity contribution in [3.8, 4) is 11.5 Å². The molecule has 1 aliphatic rings. The number of carboxylic acids is 1. The number of ether oxygens (including phenoxy) is 2. The molecule has 1 amide bonds. The quantitative estimate of drug-likeness (QED) is 0.816. The number of aliphatic carboxylic acids is 1. The highest BCUT2D eigenvalue weighted by atomic mass is 16.5. The molecule has 0 saturated heterocycles. The van der Waals surface area contributed by atoms with Gasteiger partial charge in [-0.25, -0.2) is 4.79 Å². The summed E-state index contributed by atoms with van der Waals surface area (Å²) in [5, 5.41) is 11.3.